The van der Waals surface area contributed by atoms with Crippen molar-refractivity contribution in [2.45, 2.75) is 23.3 Å². The number of allylic oxidation sites excluding steroid dienone is 2. The first-order chi connectivity index (χ1) is 13.0. The van der Waals surface area contributed by atoms with Crippen LogP contribution in [0.25, 0.3) is 10.8 Å². The molecular formula is C22H20N2O2S. The topological polar surface area (TPSA) is 72.2 Å². The summed E-state index contributed by atoms with van der Waals surface area (Å²) < 4.78 is 23.6. The lowest BCUT2D eigenvalue weighted by molar-refractivity contribution is 0.427. The molecule has 136 valence electrons. The van der Waals surface area contributed by atoms with E-state index in [0.717, 1.165) is 17.7 Å². The average molecular weight is 376 g/mol. The third-order valence-corrected chi connectivity index (χ3v) is 6.73. The summed E-state index contributed by atoms with van der Waals surface area (Å²) in [6.07, 6.45) is 5.37. The maximum atomic E-state index is 11.8. The molecule has 1 heterocycles. The van der Waals surface area contributed by atoms with Gasteiger partial charge in [0.05, 0.1) is 10.9 Å². The number of hydrogen-bond acceptors (Lipinski definition) is 3. The van der Waals surface area contributed by atoms with E-state index in [9.17, 15) is 8.42 Å². The highest BCUT2D eigenvalue weighted by molar-refractivity contribution is 7.89. The molecule has 0 radical (unpaired) electrons. The highest BCUT2D eigenvalue weighted by Gasteiger charge is 2.38. The Balaban J connectivity index is 1.66. The SMILES string of the molecule is NS(=O)(=O)c1ccc2c(c1)[C@@H]1C=CC[C@H]1[C@@H](c1cccc3ccccc13)N2. The second-order valence-corrected chi connectivity index (χ2v) is 8.90. The molecule has 3 N–H and O–H groups in total. The molecule has 1 aliphatic heterocycles. The first-order valence-corrected chi connectivity index (χ1v) is 10.6. The zero-order valence-corrected chi connectivity index (χ0v) is 15.5. The summed E-state index contributed by atoms with van der Waals surface area (Å²) in [5, 5.41) is 11.5. The number of anilines is 1. The first kappa shape index (κ1) is 16.5. The smallest absolute Gasteiger partial charge is 0.238 e. The second-order valence-electron chi connectivity index (χ2n) is 7.34. The zero-order valence-electron chi connectivity index (χ0n) is 14.7. The van der Waals surface area contributed by atoms with Crippen LogP contribution in [0.4, 0.5) is 5.69 Å². The normalized spacial score (nSPS) is 23.7. The standard InChI is InChI=1S/C22H20N2O2S/c23-27(25,26)15-11-12-21-20(13-15)17-8-4-10-19(17)22(24-21)18-9-3-6-14-5-1-2-7-16(14)18/h1-9,11-13,17,19,22,24H,10H2,(H2,23,25,26)/t17-,19-,22-/m1/s1. The predicted octanol–water partition coefficient (Wildman–Crippen LogP) is 4.31. The number of benzene rings is 3. The van der Waals surface area contributed by atoms with Gasteiger partial charge in [-0.15, -0.1) is 0 Å². The molecule has 3 atom stereocenters. The van der Waals surface area contributed by atoms with Crippen LogP contribution in [0.3, 0.4) is 0 Å². The van der Waals surface area contributed by atoms with Gasteiger partial charge in [-0.25, -0.2) is 13.6 Å². The van der Waals surface area contributed by atoms with Crippen LogP contribution in [0.5, 0.6) is 0 Å². The van der Waals surface area contributed by atoms with Crippen molar-refractivity contribution in [3.8, 4) is 0 Å². The van der Waals surface area contributed by atoms with Crippen molar-refractivity contribution in [3.05, 3.63) is 83.9 Å². The molecule has 0 amide bonds. The van der Waals surface area contributed by atoms with E-state index < -0.39 is 10.0 Å². The van der Waals surface area contributed by atoms with Gasteiger partial charge in [0.25, 0.3) is 0 Å². The molecule has 3 aromatic rings. The highest BCUT2D eigenvalue weighted by Crippen LogP contribution is 2.51. The van der Waals surface area contributed by atoms with Gasteiger partial charge in [-0.3, -0.25) is 0 Å². The van der Waals surface area contributed by atoms with Crippen LogP contribution in [-0.2, 0) is 10.0 Å². The Morgan fingerprint density at radius 3 is 2.63 bits per heavy atom. The third kappa shape index (κ3) is 2.66. The fraction of sp³-hybridized carbons (Fsp3) is 0.182. The summed E-state index contributed by atoms with van der Waals surface area (Å²) in [6, 6.07) is 20.2. The van der Waals surface area contributed by atoms with E-state index in [-0.39, 0.29) is 16.9 Å². The number of nitrogens with one attached hydrogen (secondary N) is 1. The number of primary sulfonamides is 1. The van der Waals surface area contributed by atoms with Gasteiger partial charge in [-0.05, 0) is 52.4 Å². The molecule has 5 heteroatoms. The molecule has 0 spiro atoms. The zero-order chi connectivity index (χ0) is 18.6. The molecule has 1 aliphatic carbocycles. The van der Waals surface area contributed by atoms with Crippen molar-refractivity contribution >= 4 is 26.5 Å². The fourth-order valence-electron chi connectivity index (χ4n) is 4.58. The molecule has 0 bridgehead atoms. The van der Waals surface area contributed by atoms with Crippen LogP contribution in [0.2, 0.25) is 0 Å². The van der Waals surface area contributed by atoms with E-state index in [1.807, 2.05) is 6.07 Å². The lowest BCUT2D eigenvalue weighted by Crippen LogP contribution is -2.29. The van der Waals surface area contributed by atoms with E-state index >= 15 is 0 Å². The van der Waals surface area contributed by atoms with E-state index in [4.69, 9.17) is 5.14 Å². The summed E-state index contributed by atoms with van der Waals surface area (Å²) >= 11 is 0. The molecule has 4 nitrogen and oxygen atoms in total. The van der Waals surface area contributed by atoms with Gasteiger partial charge in [0.1, 0.15) is 0 Å². The Morgan fingerprint density at radius 2 is 1.78 bits per heavy atom. The molecular weight excluding hydrogens is 356 g/mol. The number of nitrogens with two attached hydrogens (primary N) is 1. The van der Waals surface area contributed by atoms with E-state index in [0.29, 0.717) is 5.92 Å². The molecule has 0 saturated carbocycles. The van der Waals surface area contributed by atoms with Crippen molar-refractivity contribution in [2.75, 3.05) is 5.32 Å². The molecule has 5 rings (SSSR count). The number of hydrogen-bond donors (Lipinski definition) is 2. The van der Waals surface area contributed by atoms with Gasteiger partial charge in [0.2, 0.25) is 10.0 Å². The van der Waals surface area contributed by atoms with Crippen molar-refractivity contribution in [3.63, 3.8) is 0 Å². The lowest BCUT2D eigenvalue weighted by atomic mass is 9.76. The van der Waals surface area contributed by atoms with Gasteiger partial charge in [-0.2, -0.15) is 0 Å². The summed E-state index contributed by atoms with van der Waals surface area (Å²) in [4.78, 5) is 0.172. The molecule has 27 heavy (non-hydrogen) atoms. The molecule has 2 aliphatic rings. The van der Waals surface area contributed by atoms with Crippen molar-refractivity contribution < 1.29 is 8.42 Å². The predicted molar refractivity (Wildman–Crippen MR) is 108 cm³/mol. The highest BCUT2D eigenvalue weighted by atomic mass is 32.2. The molecule has 3 aromatic carbocycles. The van der Waals surface area contributed by atoms with Gasteiger partial charge in [0, 0.05) is 11.6 Å². The monoisotopic (exact) mass is 376 g/mol. The van der Waals surface area contributed by atoms with Gasteiger partial charge in [-0.1, -0.05) is 54.6 Å². The minimum Gasteiger partial charge on any atom is -0.378 e. The fourth-order valence-corrected chi connectivity index (χ4v) is 5.13. The maximum absolute atomic E-state index is 11.8. The quantitative estimate of drug-likeness (QED) is 0.655. The molecule has 0 fully saturated rings. The van der Waals surface area contributed by atoms with Crippen LogP contribution in [0, 0.1) is 5.92 Å². The van der Waals surface area contributed by atoms with Gasteiger partial charge >= 0.3 is 0 Å². The third-order valence-electron chi connectivity index (χ3n) is 5.82. The van der Waals surface area contributed by atoms with Crippen LogP contribution >= 0.6 is 0 Å². The summed E-state index contributed by atoms with van der Waals surface area (Å²) in [5.41, 5.74) is 3.28. The van der Waals surface area contributed by atoms with Crippen LogP contribution < -0.4 is 10.5 Å². The Bertz CT molecular complexity index is 1180. The van der Waals surface area contributed by atoms with Crippen LogP contribution in [-0.4, -0.2) is 8.42 Å². The Kier molecular flexibility index (Phi) is 3.64. The number of sulfonamides is 1. The van der Waals surface area contributed by atoms with Crippen LogP contribution in [0.1, 0.15) is 29.5 Å². The molecule has 0 saturated heterocycles. The Labute approximate surface area is 158 Å². The van der Waals surface area contributed by atoms with Crippen LogP contribution in [0.15, 0.2) is 77.7 Å². The van der Waals surface area contributed by atoms with E-state index in [2.05, 4.69) is 59.9 Å². The summed E-state index contributed by atoms with van der Waals surface area (Å²) in [5.74, 6) is 0.533. The molecule has 0 unspecified atom stereocenters. The van der Waals surface area contributed by atoms with Gasteiger partial charge < -0.3 is 5.32 Å². The minimum absolute atomic E-state index is 0.170. The maximum Gasteiger partial charge on any atom is 0.238 e. The Hall–Kier alpha value is -2.63. The lowest BCUT2D eigenvalue weighted by Gasteiger charge is -2.38. The Morgan fingerprint density at radius 1 is 0.963 bits per heavy atom. The van der Waals surface area contributed by atoms with Crippen molar-refractivity contribution in [1.29, 1.82) is 0 Å². The van der Waals surface area contributed by atoms with Crippen molar-refractivity contribution in [2.24, 2.45) is 11.1 Å². The number of fused-ring (bicyclic) bond motifs is 4. The average Bonchev–Trinajstić information content (AvgIpc) is 3.16. The van der Waals surface area contributed by atoms with Gasteiger partial charge in [0.15, 0.2) is 0 Å². The number of rotatable bonds is 2. The largest absolute Gasteiger partial charge is 0.378 e. The first-order valence-electron chi connectivity index (χ1n) is 9.10. The minimum atomic E-state index is -3.71. The van der Waals surface area contributed by atoms with Crippen molar-refractivity contribution in [1.82, 2.24) is 0 Å². The van der Waals surface area contributed by atoms with E-state index in [1.165, 1.54) is 16.3 Å². The summed E-state index contributed by atoms with van der Waals surface area (Å²) in [7, 11) is -3.71. The molecule has 0 aromatic heterocycles. The van der Waals surface area contributed by atoms with E-state index in [1.54, 1.807) is 12.1 Å². The summed E-state index contributed by atoms with van der Waals surface area (Å²) in [6.45, 7) is 0. The second kappa shape index (κ2) is 5.94.